The molecule has 1 unspecified atom stereocenters. The number of rotatable bonds is 4. The third kappa shape index (κ3) is 3.68. The molecule has 0 spiro atoms. The average molecular weight is 297 g/mol. The molecule has 0 radical (unpaired) electrons. The van der Waals surface area contributed by atoms with E-state index in [-0.39, 0.29) is 5.91 Å². The lowest BCUT2D eigenvalue weighted by molar-refractivity contribution is -0.117. The lowest BCUT2D eigenvalue weighted by Gasteiger charge is -2.12. The predicted molar refractivity (Wildman–Crippen MR) is 75.0 cm³/mol. The van der Waals surface area contributed by atoms with Crippen LogP contribution >= 0.6 is 15.9 Å². The van der Waals surface area contributed by atoms with Crippen molar-refractivity contribution in [2.24, 2.45) is 5.73 Å². The minimum Gasteiger partial charge on any atom is -0.325 e. The molecular formula is C13H17BrN2O. The van der Waals surface area contributed by atoms with E-state index < -0.39 is 6.04 Å². The molecule has 1 aromatic carbocycles. The van der Waals surface area contributed by atoms with Crippen LogP contribution in [0, 0.1) is 13.8 Å². The van der Waals surface area contributed by atoms with E-state index >= 15 is 0 Å². The van der Waals surface area contributed by atoms with Crippen LogP contribution in [0.4, 0.5) is 5.69 Å². The van der Waals surface area contributed by atoms with Crippen molar-refractivity contribution >= 4 is 27.5 Å². The third-order valence-electron chi connectivity index (χ3n) is 2.46. The number of benzene rings is 1. The van der Waals surface area contributed by atoms with Gasteiger partial charge in [0, 0.05) is 10.2 Å². The minimum atomic E-state index is -0.545. The van der Waals surface area contributed by atoms with Crippen molar-refractivity contribution in [1.82, 2.24) is 0 Å². The number of anilines is 1. The fourth-order valence-electron chi connectivity index (χ4n) is 1.54. The summed E-state index contributed by atoms with van der Waals surface area (Å²) in [5.41, 5.74) is 8.62. The summed E-state index contributed by atoms with van der Waals surface area (Å²) in [5.74, 6) is -0.189. The highest BCUT2D eigenvalue weighted by Gasteiger charge is 2.12. The predicted octanol–water partition coefficient (Wildman–Crippen LogP) is 2.91. The summed E-state index contributed by atoms with van der Waals surface area (Å²) in [5, 5.41) is 2.80. The number of carbonyl (C=O) groups excluding carboxylic acids is 1. The van der Waals surface area contributed by atoms with E-state index in [1.165, 1.54) is 0 Å². The quantitative estimate of drug-likeness (QED) is 0.840. The molecular weight excluding hydrogens is 280 g/mol. The van der Waals surface area contributed by atoms with E-state index in [1.54, 1.807) is 6.08 Å². The summed E-state index contributed by atoms with van der Waals surface area (Å²) in [6.07, 6.45) is 2.11. The van der Waals surface area contributed by atoms with E-state index in [0.717, 1.165) is 21.3 Å². The van der Waals surface area contributed by atoms with Crippen molar-refractivity contribution in [1.29, 1.82) is 0 Å². The fraction of sp³-hybridized carbons (Fsp3) is 0.308. The van der Waals surface area contributed by atoms with E-state index in [4.69, 9.17) is 5.73 Å². The van der Waals surface area contributed by atoms with Gasteiger partial charge < -0.3 is 11.1 Å². The highest BCUT2D eigenvalue weighted by Crippen LogP contribution is 2.25. The van der Waals surface area contributed by atoms with Crippen LogP contribution in [0.3, 0.4) is 0 Å². The Balaban J connectivity index is 2.82. The Kier molecular flexibility index (Phi) is 4.90. The molecule has 0 aliphatic heterocycles. The van der Waals surface area contributed by atoms with Crippen molar-refractivity contribution in [3.8, 4) is 0 Å². The highest BCUT2D eigenvalue weighted by atomic mass is 79.9. The largest absolute Gasteiger partial charge is 0.325 e. The summed E-state index contributed by atoms with van der Waals surface area (Å²) in [7, 11) is 0. The van der Waals surface area contributed by atoms with Gasteiger partial charge in [0.1, 0.15) is 0 Å². The molecule has 0 saturated carbocycles. The molecule has 4 heteroatoms. The molecule has 1 atom stereocenters. The van der Waals surface area contributed by atoms with Gasteiger partial charge in [-0.25, -0.2) is 0 Å². The Morgan fingerprint density at radius 2 is 2.06 bits per heavy atom. The summed E-state index contributed by atoms with van der Waals surface area (Å²) in [6, 6.07) is 3.28. The van der Waals surface area contributed by atoms with Gasteiger partial charge in [0.2, 0.25) is 5.91 Å². The first-order valence-corrected chi connectivity index (χ1v) is 6.19. The normalized spacial score (nSPS) is 12.0. The SMILES string of the molecule is C=CCC(N)C(=O)Nc1cc(C)c(Br)c(C)c1. The molecule has 1 amide bonds. The number of nitrogens with one attached hydrogen (secondary N) is 1. The van der Waals surface area contributed by atoms with Crippen molar-refractivity contribution < 1.29 is 4.79 Å². The molecule has 17 heavy (non-hydrogen) atoms. The van der Waals surface area contributed by atoms with Gasteiger partial charge in [-0.15, -0.1) is 6.58 Å². The third-order valence-corrected chi connectivity index (χ3v) is 3.71. The minimum absolute atomic E-state index is 0.189. The molecule has 92 valence electrons. The van der Waals surface area contributed by atoms with Gasteiger partial charge in [0.25, 0.3) is 0 Å². The summed E-state index contributed by atoms with van der Waals surface area (Å²) in [6.45, 7) is 7.53. The fourth-order valence-corrected chi connectivity index (χ4v) is 1.77. The number of hydrogen-bond acceptors (Lipinski definition) is 2. The molecule has 0 aromatic heterocycles. The molecule has 0 saturated heterocycles. The van der Waals surface area contributed by atoms with Gasteiger partial charge >= 0.3 is 0 Å². The first kappa shape index (κ1) is 13.9. The zero-order valence-electron chi connectivity index (χ0n) is 10.1. The van der Waals surface area contributed by atoms with Gasteiger partial charge in [0.05, 0.1) is 6.04 Å². The number of carbonyl (C=O) groups is 1. The van der Waals surface area contributed by atoms with Crippen LogP contribution in [0.25, 0.3) is 0 Å². The van der Waals surface area contributed by atoms with E-state index in [0.29, 0.717) is 6.42 Å². The number of aryl methyl sites for hydroxylation is 2. The summed E-state index contributed by atoms with van der Waals surface area (Å²) < 4.78 is 1.06. The van der Waals surface area contributed by atoms with E-state index in [9.17, 15) is 4.79 Å². The molecule has 3 nitrogen and oxygen atoms in total. The highest BCUT2D eigenvalue weighted by molar-refractivity contribution is 9.10. The molecule has 0 fully saturated rings. The molecule has 0 aliphatic carbocycles. The molecule has 0 heterocycles. The second-order valence-corrected chi connectivity index (χ2v) is 4.84. The number of amides is 1. The van der Waals surface area contributed by atoms with Crippen LogP contribution < -0.4 is 11.1 Å². The van der Waals surface area contributed by atoms with Gasteiger partial charge in [-0.1, -0.05) is 22.0 Å². The van der Waals surface area contributed by atoms with Crippen LogP contribution in [0.2, 0.25) is 0 Å². The zero-order chi connectivity index (χ0) is 13.0. The second kappa shape index (κ2) is 5.98. The number of nitrogens with two attached hydrogens (primary N) is 1. The summed E-state index contributed by atoms with van der Waals surface area (Å²) in [4.78, 5) is 11.7. The second-order valence-electron chi connectivity index (χ2n) is 4.04. The summed E-state index contributed by atoms with van der Waals surface area (Å²) >= 11 is 3.48. The van der Waals surface area contributed by atoms with Crippen LogP contribution in [0.15, 0.2) is 29.3 Å². The van der Waals surface area contributed by atoms with Gasteiger partial charge in [0.15, 0.2) is 0 Å². The number of halogens is 1. The molecule has 0 aliphatic rings. The van der Waals surface area contributed by atoms with Crippen LogP contribution in [-0.2, 0) is 4.79 Å². The van der Waals surface area contributed by atoms with Crippen molar-refractivity contribution in [3.63, 3.8) is 0 Å². The lowest BCUT2D eigenvalue weighted by atomic mass is 10.1. The zero-order valence-corrected chi connectivity index (χ0v) is 11.7. The molecule has 0 bridgehead atoms. The van der Waals surface area contributed by atoms with Gasteiger partial charge in [-0.2, -0.15) is 0 Å². The van der Waals surface area contributed by atoms with Crippen molar-refractivity contribution in [2.45, 2.75) is 26.3 Å². The van der Waals surface area contributed by atoms with E-state index in [1.807, 2.05) is 26.0 Å². The van der Waals surface area contributed by atoms with E-state index in [2.05, 4.69) is 27.8 Å². The first-order chi connectivity index (χ1) is 7.95. The maximum absolute atomic E-state index is 11.7. The molecule has 1 rings (SSSR count). The Hall–Kier alpha value is -1.13. The molecule has 1 aromatic rings. The van der Waals surface area contributed by atoms with Crippen molar-refractivity contribution in [2.75, 3.05) is 5.32 Å². The van der Waals surface area contributed by atoms with Crippen LogP contribution in [0.1, 0.15) is 17.5 Å². The first-order valence-electron chi connectivity index (χ1n) is 5.39. The Morgan fingerprint density at radius 3 is 2.53 bits per heavy atom. The maximum Gasteiger partial charge on any atom is 0.241 e. The van der Waals surface area contributed by atoms with Crippen LogP contribution in [-0.4, -0.2) is 11.9 Å². The number of hydrogen-bond donors (Lipinski definition) is 2. The van der Waals surface area contributed by atoms with Crippen molar-refractivity contribution in [3.05, 3.63) is 40.4 Å². The maximum atomic E-state index is 11.7. The van der Waals surface area contributed by atoms with Gasteiger partial charge in [-0.05, 0) is 43.5 Å². The van der Waals surface area contributed by atoms with Gasteiger partial charge in [-0.3, -0.25) is 4.79 Å². The topological polar surface area (TPSA) is 55.1 Å². The standard InChI is InChI=1S/C13H17BrN2O/c1-4-5-11(15)13(17)16-10-6-8(2)12(14)9(3)7-10/h4,6-7,11H,1,5,15H2,2-3H3,(H,16,17). The Labute approximate surface area is 110 Å². The van der Waals surface area contributed by atoms with Crippen LogP contribution in [0.5, 0.6) is 0 Å². The smallest absolute Gasteiger partial charge is 0.241 e. The lowest BCUT2D eigenvalue weighted by Crippen LogP contribution is -2.35. The Bertz CT molecular complexity index is 420. The Morgan fingerprint density at radius 1 is 1.53 bits per heavy atom. The monoisotopic (exact) mass is 296 g/mol. The average Bonchev–Trinajstić information content (AvgIpc) is 2.26. The molecule has 3 N–H and O–H groups in total.